The highest BCUT2D eigenvalue weighted by molar-refractivity contribution is 7.98. The van der Waals surface area contributed by atoms with Gasteiger partial charge in [-0.3, -0.25) is 0 Å². The second-order valence-electron chi connectivity index (χ2n) is 2.73. The van der Waals surface area contributed by atoms with Crippen molar-refractivity contribution in [3.05, 3.63) is 29.3 Å². The number of carbonyl (C=O) groups excluding carboxylic acids is 1. The molecule has 0 bridgehead atoms. The van der Waals surface area contributed by atoms with Crippen LogP contribution in [0.3, 0.4) is 0 Å². The Morgan fingerprint density at radius 3 is 2.62 bits per heavy atom. The fourth-order valence-corrected chi connectivity index (χ4v) is 1.65. The molecule has 1 aromatic carbocycles. The van der Waals surface area contributed by atoms with Crippen LogP contribution in [0.5, 0.6) is 0 Å². The van der Waals surface area contributed by atoms with Gasteiger partial charge in [-0.15, -0.1) is 11.8 Å². The van der Waals surface area contributed by atoms with Crippen LogP contribution in [0.1, 0.15) is 15.9 Å². The Hall–Kier alpha value is -0.960. The minimum Gasteiger partial charge on any atom is -0.465 e. The van der Waals surface area contributed by atoms with Gasteiger partial charge in [0.2, 0.25) is 0 Å². The van der Waals surface area contributed by atoms with E-state index in [1.165, 1.54) is 7.11 Å². The Kier molecular flexibility index (Phi) is 3.37. The van der Waals surface area contributed by atoms with Crippen LogP contribution < -0.4 is 0 Å². The van der Waals surface area contributed by atoms with Gasteiger partial charge in [0.05, 0.1) is 12.7 Å². The van der Waals surface area contributed by atoms with Gasteiger partial charge >= 0.3 is 5.97 Å². The molecule has 0 unspecified atom stereocenters. The topological polar surface area (TPSA) is 26.3 Å². The lowest BCUT2D eigenvalue weighted by atomic mass is 10.1. The number of hydrogen-bond donors (Lipinski definition) is 0. The first-order valence-electron chi connectivity index (χ1n) is 3.91. The van der Waals surface area contributed by atoms with E-state index < -0.39 is 0 Å². The van der Waals surface area contributed by atoms with E-state index in [0.717, 1.165) is 10.5 Å². The predicted octanol–water partition coefficient (Wildman–Crippen LogP) is 2.50. The van der Waals surface area contributed by atoms with Crippen molar-refractivity contribution < 1.29 is 9.53 Å². The normalized spacial score (nSPS) is 9.77. The van der Waals surface area contributed by atoms with E-state index in [1.54, 1.807) is 11.8 Å². The SMILES string of the molecule is COC(=O)c1cc(C)cc(SC)c1. The summed E-state index contributed by atoms with van der Waals surface area (Å²) in [7, 11) is 1.39. The Morgan fingerprint density at radius 2 is 2.08 bits per heavy atom. The van der Waals surface area contributed by atoms with Crippen LogP contribution >= 0.6 is 11.8 Å². The lowest BCUT2D eigenvalue weighted by molar-refractivity contribution is 0.0600. The number of benzene rings is 1. The predicted molar refractivity (Wildman–Crippen MR) is 54.3 cm³/mol. The smallest absolute Gasteiger partial charge is 0.337 e. The molecule has 0 heterocycles. The zero-order valence-electron chi connectivity index (χ0n) is 7.96. The van der Waals surface area contributed by atoms with E-state index in [0.29, 0.717) is 5.56 Å². The van der Waals surface area contributed by atoms with Crippen LogP contribution in [-0.4, -0.2) is 19.3 Å². The van der Waals surface area contributed by atoms with E-state index in [1.807, 2.05) is 31.4 Å². The number of rotatable bonds is 2. The molecule has 1 rings (SSSR count). The second-order valence-corrected chi connectivity index (χ2v) is 3.61. The molecule has 0 aliphatic carbocycles. The molecule has 70 valence electrons. The summed E-state index contributed by atoms with van der Waals surface area (Å²) >= 11 is 1.62. The van der Waals surface area contributed by atoms with E-state index in [4.69, 9.17) is 0 Å². The van der Waals surface area contributed by atoms with Crippen molar-refractivity contribution in [2.24, 2.45) is 0 Å². The summed E-state index contributed by atoms with van der Waals surface area (Å²) in [5.41, 5.74) is 1.69. The molecule has 0 aliphatic rings. The highest BCUT2D eigenvalue weighted by atomic mass is 32.2. The second kappa shape index (κ2) is 4.33. The van der Waals surface area contributed by atoms with Crippen LogP contribution in [0.15, 0.2) is 23.1 Å². The van der Waals surface area contributed by atoms with Crippen molar-refractivity contribution in [1.29, 1.82) is 0 Å². The van der Waals surface area contributed by atoms with Gasteiger partial charge in [-0.05, 0) is 36.9 Å². The quantitative estimate of drug-likeness (QED) is 0.537. The van der Waals surface area contributed by atoms with Crippen LogP contribution in [0.2, 0.25) is 0 Å². The lowest BCUT2D eigenvalue weighted by Crippen LogP contribution is -2.01. The van der Waals surface area contributed by atoms with Crippen molar-refractivity contribution in [3.8, 4) is 0 Å². The number of ether oxygens (including phenoxy) is 1. The molecule has 0 aliphatic heterocycles. The van der Waals surface area contributed by atoms with Crippen LogP contribution in [0.4, 0.5) is 0 Å². The zero-order chi connectivity index (χ0) is 9.84. The van der Waals surface area contributed by atoms with Crippen LogP contribution in [0.25, 0.3) is 0 Å². The molecular formula is C10H12O2S. The molecule has 0 atom stereocenters. The minimum absolute atomic E-state index is 0.279. The molecule has 0 saturated carbocycles. The van der Waals surface area contributed by atoms with Gasteiger partial charge in [0, 0.05) is 4.90 Å². The van der Waals surface area contributed by atoms with Gasteiger partial charge in [-0.2, -0.15) is 0 Å². The maximum absolute atomic E-state index is 11.2. The zero-order valence-corrected chi connectivity index (χ0v) is 8.77. The van der Waals surface area contributed by atoms with E-state index in [-0.39, 0.29) is 5.97 Å². The van der Waals surface area contributed by atoms with Crippen molar-refractivity contribution in [2.45, 2.75) is 11.8 Å². The van der Waals surface area contributed by atoms with Gasteiger partial charge < -0.3 is 4.74 Å². The number of methoxy groups -OCH3 is 1. The lowest BCUT2D eigenvalue weighted by Gasteiger charge is -2.03. The summed E-state index contributed by atoms with van der Waals surface area (Å²) in [6, 6.07) is 5.70. The molecule has 0 fully saturated rings. The van der Waals surface area contributed by atoms with Gasteiger partial charge in [-0.25, -0.2) is 4.79 Å². The van der Waals surface area contributed by atoms with Gasteiger partial charge in [0.25, 0.3) is 0 Å². The van der Waals surface area contributed by atoms with E-state index in [9.17, 15) is 4.79 Å². The Morgan fingerprint density at radius 1 is 1.38 bits per heavy atom. The largest absolute Gasteiger partial charge is 0.465 e. The summed E-state index contributed by atoms with van der Waals surface area (Å²) < 4.78 is 4.64. The van der Waals surface area contributed by atoms with E-state index in [2.05, 4.69) is 4.74 Å². The molecule has 0 N–H and O–H groups in total. The van der Waals surface area contributed by atoms with Gasteiger partial charge in [0.1, 0.15) is 0 Å². The highest BCUT2D eigenvalue weighted by Crippen LogP contribution is 2.18. The summed E-state index contributed by atoms with van der Waals surface area (Å²) in [6.45, 7) is 1.96. The van der Waals surface area contributed by atoms with Crippen molar-refractivity contribution in [1.82, 2.24) is 0 Å². The molecule has 0 aromatic heterocycles. The first-order valence-corrected chi connectivity index (χ1v) is 5.14. The molecule has 0 radical (unpaired) electrons. The first-order chi connectivity index (χ1) is 6.17. The fraction of sp³-hybridized carbons (Fsp3) is 0.300. The van der Waals surface area contributed by atoms with E-state index >= 15 is 0 Å². The third-order valence-electron chi connectivity index (χ3n) is 1.71. The summed E-state index contributed by atoms with van der Waals surface area (Å²) in [6.07, 6.45) is 1.98. The molecule has 2 nitrogen and oxygen atoms in total. The number of aryl methyl sites for hydroxylation is 1. The Balaban J connectivity index is 3.08. The monoisotopic (exact) mass is 196 g/mol. The van der Waals surface area contributed by atoms with Crippen LogP contribution in [-0.2, 0) is 4.74 Å². The average Bonchev–Trinajstić information content (AvgIpc) is 2.15. The first kappa shape index (κ1) is 10.1. The summed E-state index contributed by atoms with van der Waals surface area (Å²) in [5, 5.41) is 0. The summed E-state index contributed by atoms with van der Waals surface area (Å²) in [4.78, 5) is 12.3. The molecular weight excluding hydrogens is 184 g/mol. The number of thioether (sulfide) groups is 1. The number of esters is 1. The highest BCUT2D eigenvalue weighted by Gasteiger charge is 2.06. The van der Waals surface area contributed by atoms with Crippen LogP contribution in [0, 0.1) is 6.92 Å². The average molecular weight is 196 g/mol. The van der Waals surface area contributed by atoms with Crippen molar-refractivity contribution in [2.75, 3.05) is 13.4 Å². The number of carbonyl (C=O) groups is 1. The standard InChI is InChI=1S/C10H12O2S/c1-7-4-8(10(11)12-2)6-9(5-7)13-3/h4-6H,1-3H3. The summed E-state index contributed by atoms with van der Waals surface area (Å²) in [5.74, 6) is -0.279. The Labute approximate surface area is 82.3 Å². The minimum atomic E-state index is -0.279. The van der Waals surface area contributed by atoms with Crippen molar-refractivity contribution >= 4 is 17.7 Å². The third-order valence-corrected chi connectivity index (χ3v) is 2.41. The fourth-order valence-electron chi connectivity index (χ4n) is 1.10. The molecule has 0 amide bonds. The molecule has 3 heteroatoms. The van der Waals surface area contributed by atoms with Crippen molar-refractivity contribution in [3.63, 3.8) is 0 Å². The molecule has 0 saturated heterocycles. The van der Waals surface area contributed by atoms with Gasteiger partial charge in [-0.1, -0.05) is 0 Å². The maximum atomic E-state index is 11.2. The van der Waals surface area contributed by atoms with Gasteiger partial charge in [0.15, 0.2) is 0 Å². The molecule has 13 heavy (non-hydrogen) atoms. The molecule has 0 spiro atoms. The Bertz CT molecular complexity index is 321. The number of hydrogen-bond acceptors (Lipinski definition) is 3. The third kappa shape index (κ3) is 2.49. The molecule has 1 aromatic rings. The maximum Gasteiger partial charge on any atom is 0.337 e.